The summed E-state index contributed by atoms with van der Waals surface area (Å²) in [5.74, 6) is 0.371. The lowest BCUT2D eigenvalue weighted by Crippen LogP contribution is -2.67. The summed E-state index contributed by atoms with van der Waals surface area (Å²) in [5, 5.41) is 15.5. The lowest BCUT2D eigenvalue weighted by atomic mass is 10.0. The number of carbonyl (C=O) groups is 1. The highest BCUT2D eigenvalue weighted by Gasteiger charge is 2.50. The third-order valence-electron chi connectivity index (χ3n) is 6.64. The van der Waals surface area contributed by atoms with Crippen LogP contribution in [0.25, 0.3) is 0 Å². The summed E-state index contributed by atoms with van der Waals surface area (Å²) in [7, 11) is -2.55. The van der Waals surface area contributed by atoms with Crippen molar-refractivity contribution >= 4 is 30.4 Å². The summed E-state index contributed by atoms with van der Waals surface area (Å²) in [6.45, 7) is 9.39. The monoisotopic (exact) mass is 489 g/mol. The van der Waals surface area contributed by atoms with Crippen LogP contribution in [0.3, 0.4) is 0 Å². The molecule has 1 unspecified atom stereocenters. The lowest BCUT2D eigenvalue weighted by Gasteiger charge is -2.46. The molecule has 1 saturated heterocycles. The van der Waals surface area contributed by atoms with Crippen molar-refractivity contribution in [2.45, 2.75) is 31.9 Å². The summed E-state index contributed by atoms with van der Waals surface area (Å²) in [6, 6.07) is 26.6. The molecule has 0 bridgehead atoms. The summed E-state index contributed by atoms with van der Waals surface area (Å²) < 4.78 is 7.01. The van der Waals surface area contributed by atoms with Crippen LogP contribution in [0.5, 0.6) is 0 Å². The SMILES string of the molecule is CC(C)(C)[Si](OCC1CN(CC(O)C(=O)Nc2ccccn2)C1)(c1ccccc1)c1ccccc1. The number of rotatable bonds is 9. The Morgan fingerprint density at radius 2 is 1.60 bits per heavy atom. The average Bonchev–Trinajstić information content (AvgIpc) is 2.83. The van der Waals surface area contributed by atoms with Gasteiger partial charge < -0.3 is 14.8 Å². The molecule has 0 aliphatic carbocycles. The van der Waals surface area contributed by atoms with Gasteiger partial charge in [0.15, 0.2) is 0 Å². The molecule has 2 N–H and O–H groups in total. The fraction of sp³-hybridized carbons (Fsp3) is 0.357. The van der Waals surface area contributed by atoms with E-state index in [4.69, 9.17) is 4.43 Å². The second-order valence-electron chi connectivity index (χ2n) is 10.3. The number of likely N-dealkylation sites (tertiary alicyclic amines) is 1. The maximum atomic E-state index is 12.3. The van der Waals surface area contributed by atoms with Crippen molar-refractivity contribution < 1.29 is 14.3 Å². The Labute approximate surface area is 209 Å². The maximum Gasteiger partial charge on any atom is 0.261 e. The van der Waals surface area contributed by atoms with E-state index in [1.165, 1.54) is 10.4 Å². The minimum Gasteiger partial charge on any atom is -0.407 e. The van der Waals surface area contributed by atoms with E-state index in [9.17, 15) is 9.90 Å². The van der Waals surface area contributed by atoms with Crippen LogP contribution in [0.15, 0.2) is 85.1 Å². The molecule has 7 heteroatoms. The molecule has 0 spiro atoms. The van der Waals surface area contributed by atoms with Gasteiger partial charge in [-0.05, 0) is 27.5 Å². The average molecular weight is 490 g/mol. The van der Waals surface area contributed by atoms with Crippen molar-refractivity contribution in [3.05, 3.63) is 85.1 Å². The number of aliphatic hydroxyl groups excluding tert-OH is 1. The molecule has 1 atom stereocenters. The third-order valence-corrected chi connectivity index (χ3v) is 11.6. The van der Waals surface area contributed by atoms with E-state index in [0.29, 0.717) is 24.9 Å². The molecule has 1 aliphatic rings. The Balaban J connectivity index is 1.39. The molecule has 1 fully saturated rings. The Morgan fingerprint density at radius 1 is 1.03 bits per heavy atom. The molecule has 35 heavy (non-hydrogen) atoms. The van der Waals surface area contributed by atoms with Crippen LogP contribution in [0.2, 0.25) is 5.04 Å². The topological polar surface area (TPSA) is 74.7 Å². The van der Waals surface area contributed by atoms with Gasteiger partial charge in [-0.25, -0.2) is 4.98 Å². The first-order valence-electron chi connectivity index (χ1n) is 12.2. The van der Waals surface area contributed by atoms with Crippen molar-refractivity contribution in [2.75, 3.05) is 31.6 Å². The van der Waals surface area contributed by atoms with Gasteiger partial charge in [0.2, 0.25) is 0 Å². The van der Waals surface area contributed by atoms with Crippen LogP contribution >= 0.6 is 0 Å². The van der Waals surface area contributed by atoms with E-state index in [1.807, 2.05) is 0 Å². The molecule has 6 nitrogen and oxygen atoms in total. The first kappa shape index (κ1) is 25.3. The van der Waals surface area contributed by atoms with E-state index in [-0.39, 0.29) is 5.04 Å². The molecule has 4 rings (SSSR count). The third kappa shape index (κ3) is 5.70. The van der Waals surface area contributed by atoms with Crippen LogP contribution in [-0.2, 0) is 9.22 Å². The second-order valence-corrected chi connectivity index (χ2v) is 14.6. The van der Waals surface area contributed by atoms with Crippen molar-refractivity contribution in [2.24, 2.45) is 5.92 Å². The molecular weight excluding hydrogens is 454 g/mol. The highest BCUT2D eigenvalue weighted by atomic mass is 28.4. The number of anilines is 1. The van der Waals surface area contributed by atoms with Gasteiger partial charge in [0, 0.05) is 38.4 Å². The number of nitrogens with one attached hydrogen (secondary N) is 1. The summed E-state index contributed by atoms with van der Waals surface area (Å²) >= 11 is 0. The molecule has 1 aromatic heterocycles. The van der Waals surface area contributed by atoms with Gasteiger partial charge >= 0.3 is 0 Å². The zero-order valence-electron chi connectivity index (χ0n) is 20.7. The van der Waals surface area contributed by atoms with E-state index < -0.39 is 20.3 Å². The van der Waals surface area contributed by atoms with Gasteiger partial charge in [0.25, 0.3) is 14.2 Å². The van der Waals surface area contributed by atoms with Crippen LogP contribution in [0.1, 0.15) is 20.8 Å². The number of carbonyl (C=O) groups excluding carboxylic acids is 1. The molecular formula is C28H35N3O3Si. The first-order valence-corrected chi connectivity index (χ1v) is 14.1. The Bertz CT molecular complexity index is 1050. The fourth-order valence-corrected chi connectivity index (χ4v) is 9.55. The van der Waals surface area contributed by atoms with Crippen LogP contribution in [0.4, 0.5) is 5.82 Å². The number of aliphatic hydroxyl groups is 1. The number of hydrogen-bond donors (Lipinski definition) is 2. The second kappa shape index (κ2) is 10.8. The van der Waals surface area contributed by atoms with Gasteiger partial charge in [-0.3, -0.25) is 9.69 Å². The minimum atomic E-state index is -2.55. The van der Waals surface area contributed by atoms with Gasteiger partial charge in [-0.1, -0.05) is 87.5 Å². The largest absolute Gasteiger partial charge is 0.407 e. The first-order chi connectivity index (χ1) is 16.8. The number of nitrogens with zero attached hydrogens (tertiary/aromatic N) is 2. The molecule has 0 saturated carbocycles. The van der Waals surface area contributed by atoms with E-state index in [2.05, 4.69) is 96.6 Å². The van der Waals surface area contributed by atoms with Gasteiger partial charge in [0.05, 0.1) is 0 Å². The van der Waals surface area contributed by atoms with Crippen LogP contribution in [0, 0.1) is 5.92 Å². The van der Waals surface area contributed by atoms with Gasteiger partial charge in [-0.2, -0.15) is 0 Å². The molecule has 3 aromatic rings. The number of aromatic nitrogens is 1. The van der Waals surface area contributed by atoms with Gasteiger partial charge in [0.1, 0.15) is 11.9 Å². The number of benzene rings is 2. The predicted molar refractivity (Wildman–Crippen MR) is 142 cm³/mol. The summed E-state index contributed by atoms with van der Waals surface area (Å²) in [5.41, 5.74) is 0. The van der Waals surface area contributed by atoms with Crippen LogP contribution in [-0.4, -0.2) is 61.6 Å². The van der Waals surface area contributed by atoms with Gasteiger partial charge in [-0.15, -0.1) is 0 Å². The normalized spacial score (nSPS) is 15.9. The Morgan fingerprint density at radius 3 is 2.11 bits per heavy atom. The maximum absolute atomic E-state index is 12.3. The quantitative estimate of drug-likeness (QED) is 0.452. The summed E-state index contributed by atoms with van der Waals surface area (Å²) in [6.07, 6.45) is 0.504. The van der Waals surface area contributed by atoms with E-state index in [1.54, 1.807) is 24.4 Å². The number of amides is 1. The summed E-state index contributed by atoms with van der Waals surface area (Å²) in [4.78, 5) is 18.5. The number of hydrogen-bond acceptors (Lipinski definition) is 5. The van der Waals surface area contributed by atoms with E-state index >= 15 is 0 Å². The zero-order chi connectivity index (χ0) is 24.9. The van der Waals surface area contributed by atoms with Crippen LogP contribution < -0.4 is 15.7 Å². The molecule has 0 radical (unpaired) electrons. The molecule has 1 amide bonds. The molecule has 2 heterocycles. The predicted octanol–water partition coefficient (Wildman–Crippen LogP) is 2.89. The minimum absolute atomic E-state index is 0.0566. The Kier molecular flexibility index (Phi) is 7.81. The fourth-order valence-electron chi connectivity index (χ4n) is 4.91. The number of β-amino-alcohol motifs (C(OH)–C–C–N with tert-alkyl or cyclic N) is 1. The van der Waals surface area contributed by atoms with Crippen molar-refractivity contribution in [1.82, 2.24) is 9.88 Å². The highest BCUT2D eigenvalue weighted by Crippen LogP contribution is 2.37. The van der Waals surface area contributed by atoms with Crippen molar-refractivity contribution in [3.63, 3.8) is 0 Å². The zero-order valence-corrected chi connectivity index (χ0v) is 21.7. The highest BCUT2D eigenvalue weighted by molar-refractivity contribution is 6.99. The smallest absolute Gasteiger partial charge is 0.261 e. The molecule has 184 valence electrons. The Hall–Kier alpha value is -2.84. The molecule has 2 aromatic carbocycles. The van der Waals surface area contributed by atoms with E-state index in [0.717, 1.165) is 13.1 Å². The molecule has 1 aliphatic heterocycles. The number of pyridine rings is 1. The van der Waals surface area contributed by atoms with Crippen molar-refractivity contribution in [1.29, 1.82) is 0 Å². The van der Waals surface area contributed by atoms with Crippen molar-refractivity contribution in [3.8, 4) is 0 Å². The standard InChI is InChI=1S/C28H35N3O3Si/c1-28(2,3)35(23-12-6-4-7-13-23,24-14-8-5-9-15-24)34-21-22-18-31(19-22)20-25(32)27(33)30-26-16-10-11-17-29-26/h4-17,22,25,32H,18-21H2,1-3H3,(H,29,30,33). The lowest BCUT2D eigenvalue weighted by molar-refractivity contribution is -0.126.